The molecular weight excluding hydrogens is 286 g/mol. The number of nitrogens with one attached hydrogen (secondary N) is 1. The van der Waals surface area contributed by atoms with Crippen LogP contribution in [0.5, 0.6) is 0 Å². The molecule has 0 aliphatic carbocycles. The van der Waals surface area contributed by atoms with E-state index >= 15 is 0 Å². The Morgan fingerprint density at radius 2 is 1.90 bits per heavy atom. The van der Waals surface area contributed by atoms with Crippen molar-refractivity contribution in [1.82, 2.24) is 15.2 Å². The normalized spacial score (nSPS) is 18.2. The van der Waals surface area contributed by atoms with Gasteiger partial charge in [0.1, 0.15) is 10.5 Å². The zero-order valence-corrected chi connectivity index (χ0v) is 14.1. The van der Waals surface area contributed by atoms with Gasteiger partial charge in [-0.2, -0.15) is 0 Å². The number of hydrogen-bond donors (Lipinski definition) is 1. The lowest BCUT2D eigenvalue weighted by Crippen LogP contribution is -2.48. The van der Waals surface area contributed by atoms with Gasteiger partial charge in [0, 0.05) is 10.8 Å². The van der Waals surface area contributed by atoms with Crippen LogP contribution in [0.3, 0.4) is 0 Å². The number of amides is 3. The summed E-state index contributed by atoms with van der Waals surface area (Å²) < 4.78 is 0. The molecule has 0 aromatic carbocycles. The molecule has 0 bridgehead atoms. The van der Waals surface area contributed by atoms with E-state index in [0.717, 1.165) is 10.7 Å². The number of thiazole rings is 1. The Balaban J connectivity index is 2.27. The molecule has 0 saturated carbocycles. The van der Waals surface area contributed by atoms with Crippen LogP contribution in [0.1, 0.15) is 58.2 Å². The van der Waals surface area contributed by atoms with Gasteiger partial charge in [-0.3, -0.25) is 10.1 Å². The van der Waals surface area contributed by atoms with Crippen molar-refractivity contribution in [3.63, 3.8) is 0 Å². The molecular formula is C15H23N3O2S. The van der Waals surface area contributed by atoms with Gasteiger partial charge in [0.25, 0.3) is 5.91 Å². The van der Waals surface area contributed by atoms with Gasteiger partial charge in [-0.15, -0.1) is 11.3 Å². The molecule has 1 aliphatic heterocycles. The Kier molecular flexibility index (Phi) is 4.10. The Morgan fingerprint density at radius 1 is 1.29 bits per heavy atom. The molecule has 0 spiro atoms. The smallest absolute Gasteiger partial charge is 0.303 e. The van der Waals surface area contributed by atoms with E-state index in [1.807, 2.05) is 19.2 Å². The molecule has 0 atom stereocenters. The third-order valence-electron chi connectivity index (χ3n) is 4.19. The van der Waals surface area contributed by atoms with E-state index in [4.69, 9.17) is 0 Å². The topological polar surface area (TPSA) is 62.3 Å². The predicted molar refractivity (Wildman–Crippen MR) is 83.2 cm³/mol. The minimum Gasteiger partial charge on any atom is -0.303 e. The highest BCUT2D eigenvalue weighted by molar-refractivity contribution is 7.09. The van der Waals surface area contributed by atoms with Gasteiger partial charge in [-0.1, -0.05) is 34.6 Å². The number of aromatic nitrogens is 1. The summed E-state index contributed by atoms with van der Waals surface area (Å²) in [6, 6.07) is -0.309. The number of carbonyl (C=O) groups excluding carboxylic acids is 2. The quantitative estimate of drug-likeness (QED) is 0.870. The van der Waals surface area contributed by atoms with Crippen LogP contribution in [-0.4, -0.2) is 27.4 Å². The summed E-state index contributed by atoms with van der Waals surface area (Å²) >= 11 is 1.54. The molecule has 0 unspecified atom stereocenters. The van der Waals surface area contributed by atoms with Crippen LogP contribution >= 0.6 is 11.3 Å². The van der Waals surface area contributed by atoms with Gasteiger partial charge in [-0.25, -0.2) is 9.78 Å². The van der Waals surface area contributed by atoms with E-state index in [9.17, 15) is 9.59 Å². The Labute approximate surface area is 129 Å². The van der Waals surface area contributed by atoms with E-state index in [1.165, 1.54) is 0 Å². The van der Waals surface area contributed by atoms with Gasteiger partial charge in [0.05, 0.1) is 12.2 Å². The van der Waals surface area contributed by atoms with E-state index < -0.39 is 5.54 Å². The molecule has 1 saturated heterocycles. The van der Waals surface area contributed by atoms with Crippen molar-refractivity contribution in [2.24, 2.45) is 0 Å². The molecule has 1 aromatic heterocycles. The molecule has 1 fully saturated rings. The number of hydrogen-bond acceptors (Lipinski definition) is 4. The zero-order chi connectivity index (χ0) is 15.8. The van der Waals surface area contributed by atoms with E-state index in [-0.39, 0.29) is 17.4 Å². The monoisotopic (exact) mass is 309 g/mol. The molecule has 1 aliphatic rings. The lowest BCUT2D eigenvalue weighted by Gasteiger charge is -2.32. The number of urea groups is 1. The van der Waals surface area contributed by atoms with Crippen molar-refractivity contribution >= 4 is 23.3 Å². The highest BCUT2D eigenvalue weighted by atomic mass is 32.1. The fourth-order valence-corrected chi connectivity index (χ4v) is 3.65. The summed E-state index contributed by atoms with van der Waals surface area (Å²) in [5.74, 6) is -0.190. The average molecular weight is 309 g/mol. The minimum absolute atomic E-state index is 0.00949. The van der Waals surface area contributed by atoms with Gasteiger partial charge >= 0.3 is 6.03 Å². The summed E-state index contributed by atoms with van der Waals surface area (Å²) in [5, 5.41) is 5.35. The summed E-state index contributed by atoms with van der Waals surface area (Å²) in [6.07, 6.45) is 1.22. The van der Waals surface area contributed by atoms with Crippen molar-refractivity contribution in [3.05, 3.63) is 16.1 Å². The van der Waals surface area contributed by atoms with Gasteiger partial charge < -0.3 is 4.90 Å². The molecule has 116 valence electrons. The first-order chi connectivity index (χ1) is 9.74. The third-order valence-corrected chi connectivity index (χ3v) is 5.02. The Hall–Kier alpha value is -1.43. The summed E-state index contributed by atoms with van der Waals surface area (Å²) in [6.45, 7) is 10.6. The van der Waals surface area contributed by atoms with Gasteiger partial charge in [-0.05, 0) is 12.8 Å². The van der Waals surface area contributed by atoms with Crippen molar-refractivity contribution in [2.45, 2.75) is 65.0 Å². The molecule has 2 heterocycles. The van der Waals surface area contributed by atoms with Crippen molar-refractivity contribution in [3.8, 4) is 0 Å². The van der Waals surface area contributed by atoms with Crippen LogP contribution in [0.4, 0.5) is 4.79 Å². The van der Waals surface area contributed by atoms with Crippen molar-refractivity contribution in [2.75, 3.05) is 0 Å². The number of carbonyl (C=O) groups is 2. The summed E-state index contributed by atoms with van der Waals surface area (Å²) in [4.78, 5) is 30.5. The second kappa shape index (κ2) is 5.40. The second-order valence-electron chi connectivity index (χ2n) is 6.46. The Bertz CT molecular complexity index is 556. The molecule has 1 N–H and O–H groups in total. The molecule has 6 heteroatoms. The lowest BCUT2D eigenvalue weighted by atomic mass is 9.91. The van der Waals surface area contributed by atoms with E-state index in [1.54, 1.807) is 16.2 Å². The van der Waals surface area contributed by atoms with E-state index in [2.05, 4.69) is 31.1 Å². The van der Waals surface area contributed by atoms with Crippen LogP contribution in [0.25, 0.3) is 0 Å². The first kappa shape index (κ1) is 15.9. The first-order valence-corrected chi connectivity index (χ1v) is 8.20. The average Bonchev–Trinajstić information content (AvgIpc) is 2.95. The highest BCUT2D eigenvalue weighted by Crippen LogP contribution is 2.32. The van der Waals surface area contributed by atoms with E-state index in [0.29, 0.717) is 19.4 Å². The fraction of sp³-hybridized carbons (Fsp3) is 0.667. The van der Waals surface area contributed by atoms with Crippen LogP contribution < -0.4 is 5.32 Å². The fourth-order valence-electron chi connectivity index (χ4n) is 2.64. The maximum Gasteiger partial charge on any atom is 0.325 e. The van der Waals surface area contributed by atoms with Gasteiger partial charge in [0.15, 0.2) is 0 Å². The van der Waals surface area contributed by atoms with Gasteiger partial charge in [0.2, 0.25) is 0 Å². The minimum atomic E-state index is -0.731. The molecule has 21 heavy (non-hydrogen) atoms. The predicted octanol–water partition coefficient (Wildman–Crippen LogP) is 3.05. The number of imide groups is 1. The highest BCUT2D eigenvalue weighted by Gasteiger charge is 2.50. The van der Waals surface area contributed by atoms with Crippen LogP contribution in [0.15, 0.2) is 5.38 Å². The lowest BCUT2D eigenvalue weighted by molar-refractivity contribution is -0.127. The molecule has 0 radical (unpaired) electrons. The number of rotatable bonds is 4. The third kappa shape index (κ3) is 2.69. The van der Waals surface area contributed by atoms with Crippen LogP contribution in [-0.2, 0) is 16.8 Å². The largest absolute Gasteiger partial charge is 0.325 e. The van der Waals surface area contributed by atoms with Crippen molar-refractivity contribution < 1.29 is 9.59 Å². The maximum atomic E-state index is 12.1. The summed E-state index contributed by atoms with van der Waals surface area (Å²) in [7, 11) is 0. The van der Waals surface area contributed by atoms with Crippen LogP contribution in [0, 0.1) is 0 Å². The second-order valence-corrected chi connectivity index (χ2v) is 7.40. The molecule has 5 nitrogen and oxygen atoms in total. The standard InChI is InChI=1S/C15H23N3O2S/c1-6-15(7-2)12(19)17-13(20)18(15)8-11-16-10(9-21-11)14(3,4)5/h9H,6-8H2,1-5H3,(H,17,19,20). The zero-order valence-electron chi connectivity index (χ0n) is 13.3. The van der Waals surface area contributed by atoms with Crippen molar-refractivity contribution in [1.29, 1.82) is 0 Å². The summed E-state index contributed by atoms with van der Waals surface area (Å²) in [5.41, 5.74) is 0.279. The maximum absolute atomic E-state index is 12.1. The first-order valence-electron chi connectivity index (χ1n) is 7.32. The van der Waals surface area contributed by atoms with Crippen LogP contribution in [0.2, 0.25) is 0 Å². The molecule has 1 aromatic rings. The Morgan fingerprint density at radius 3 is 2.38 bits per heavy atom. The SMILES string of the molecule is CCC1(CC)C(=O)NC(=O)N1Cc1nc(C(C)(C)C)cs1. The molecule has 2 rings (SSSR count). The molecule has 3 amide bonds. The number of nitrogens with zero attached hydrogens (tertiary/aromatic N) is 2.